The summed E-state index contributed by atoms with van der Waals surface area (Å²) in [6.45, 7) is 4.01. The molecule has 0 fully saturated rings. The van der Waals surface area contributed by atoms with Crippen molar-refractivity contribution in [3.63, 3.8) is 0 Å². The van der Waals surface area contributed by atoms with Crippen LogP contribution in [0.3, 0.4) is 0 Å². The average molecular weight is 271 g/mol. The molecule has 0 spiro atoms. The number of anilines is 1. The summed E-state index contributed by atoms with van der Waals surface area (Å²) in [4.78, 5) is 23.5. The Hall–Kier alpha value is -2.36. The van der Waals surface area contributed by atoms with Gasteiger partial charge in [-0.15, -0.1) is 0 Å². The zero-order chi connectivity index (χ0) is 14.5. The highest BCUT2D eigenvalue weighted by atomic mass is 16.3. The van der Waals surface area contributed by atoms with Gasteiger partial charge < -0.3 is 9.73 Å². The van der Waals surface area contributed by atoms with Crippen molar-refractivity contribution >= 4 is 17.4 Å². The van der Waals surface area contributed by atoms with Crippen molar-refractivity contribution in [2.75, 3.05) is 5.32 Å². The molecular weight excluding hydrogens is 254 g/mol. The molecule has 104 valence electrons. The molecular formula is C16H17NO3. The van der Waals surface area contributed by atoms with E-state index in [9.17, 15) is 9.59 Å². The van der Waals surface area contributed by atoms with E-state index in [2.05, 4.69) is 5.32 Å². The van der Waals surface area contributed by atoms with Crippen molar-refractivity contribution < 1.29 is 14.0 Å². The molecule has 20 heavy (non-hydrogen) atoms. The molecule has 2 rings (SSSR count). The van der Waals surface area contributed by atoms with Crippen molar-refractivity contribution in [2.24, 2.45) is 0 Å². The quantitative estimate of drug-likeness (QED) is 0.847. The van der Waals surface area contributed by atoms with Crippen LogP contribution in [0.4, 0.5) is 5.69 Å². The van der Waals surface area contributed by atoms with E-state index in [0.29, 0.717) is 5.76 Å². The van der Waals surface area contributed by atoms with E-state index in [0.717, 1.165) is 11.3 Å². The molecule has 4 heteroatoms. The fourth-order valence-corrected chi connectivity index (χ4v) is 1.83. The molecule has 0 atom stereocenters. The van der Waals surface area contributed by atoms with Crippen LogP contribution in [0.15, 0.2) is 41.0 Å². The fraction of sp³-hybridized carbons (Fsp3) is 0.250. The number of benzene rings is 1. The molecule has 1 N–H and O–H groups in total. The van der Waals surface area contributed by atoms with Gasteiger partial charge >= 0.3 is 0 Å². The van der Waals surface area contributed by atoms with Gasteiger partial charge in [-0.25, -0.2) is 0 Å². The minimum Gasteiger partial charge on any atom is -0.461 e. The Morgan fingerprint density at radius 3 is 2.55 bits per heavy atom. The van der Waals surface area contributed by atoms with Crippen molar-refractivity contribution in [1.82, 2.24) is 0 Å². The lowest BCUT2D eigenvalue weighted by atomic mass is 10.1. The molecule has 0 radical (unpaired) electrons. The third kappa shape index (κ3) is 3.57. The molecule has 0 aliphatic carbocycles. The van der Waals surface area contributed by atoms with Gasteiger partial charge in [-0.2, -0.15) is 0 Å². The van der Waals surface area contributed by atoms with Gasteiger partial charge in [0, 0.05) is 18.5 Å². The van der Waals surface area contributed by atoms with Gasteiger partial charge in [-0.1, -0.05) is 6.07 Å². The van der Waals surface area contributed by atoms with Crippen molar-refractivity contribution in [1.29, 1.82) is 0 Å². The molecule has 4 nitrogen and oxygen atoms in total. The van der Waals surface area contributed by atoms with Crippen LogP contribution in [-0.2, 0) is 4.79 Å². The van der Waals surface area contributed by atoms with Crippen molar-refractivity contribution in [3.8, 4) is 0 Å². The zero-order valence-electron chi connectivity index (χ0n) is 11.6. The molecule has 0 aliphatic rings. The van der Waals surface area contributed by atoms with Crippen LogP contribution in [0.1, 0.15) is 34.5 Å². The highest BCUT2D eigenvalue weighted by molar-refractivity contribution is 5.98. The van der Waals surface area contributed by atoms with Crippen LogP contribution in [0.5, 0.6) is 0 Å². The summed E-state index contributed by atoms with van der Waals surface area (Å²) in [5.74, 6) is -0.0395. The van der Waals surface area contributed by atoms with Gasteiger partial charge in [0.15, 0.2) is 11.5 Å². The second-order valence-corrected chi connectivity index (χ2v) is 4.75. The number of aryl methyl sites for hydroxylation is 2. The molecule has 1 aromatic heterocycles. The Morgan fingerprint density at radius 2 is 1.90 bits per heavy atom. The van der Waals surface area contributed by atoms with Crippen LogP contribution in [-0.4, -0.2) is 11.7 Å². The van der Waals surface area contributed by atoms with E-state index < -0.39 is 0 Å². The van der Waals surface area contributed by atoms with Gasteiger partial charge in [-0.05, 0) is 49.2 Å². The molecule has 2 aromatic rings. The largest absolute Gasteiger partial charge is 0.461 e. The number of carbonyl (C=O) groups is 2. The average Bonchev–Trinajstić information content (AvgIpc) is 2.94. The van der Waals surface area contributed by atoms with Gasteiger partial charge in [0.05, 0.1) is 6.26 Å². The fourth-order valence-electron chi connectivity index (χ4n) is 1.83. The number of nitrogens with one attached hydrogen (secondary N) is 1. The first kappa shape index (κ1) is 14.1. The molecule has 1 aromatic carbocycles. The number of ketones is 1. The topological polar surface area (TPSA) is 59.3 Å². The highest BCUT2D eigenvalue weighted by Crippen LogP contribution is 2.15. The van der Waals surface area contributed by atoms with E-state index >= 15 is 0 Å². The first-order chi connectivity index (χ1) is 9.56. The number of hydrogen-bond acceptors (Lipinski definition) is 3. The van der Waals surface area contributed by atoms with Gasteiger partial charge in [0.1, 0.15) is 0 Å². The molecule has 0 saturated heterocycles. The van der Waals surface area contributed by atoms with E-state index in [1.54, 1.807) is 12.1 Å². The third-order valence-electron chi connectivity index (χ3n) is 3.17. The van der Waals surface area contributed by atoms with Crippen LogP contribution in [0, 0.1) is 13.8 Å². The number of Topliss-reactive ketones (excluding diaryl/α,β-unsaturated/α-hetero) is 1. The second-order valence-electron chi connectivity index (χ2n) is 4.75. The summed E-state index contributed by atoms with van der Waals surface area (Å²) in [5.41, 5.74) is 3.05. The summed E-state index contributed by atoms with van der Waals surface area (Å²) in [5, 5.41) is 2.79. The maximum Gasteiger partial charge on any atom is 0.224 e. The second kappa shape index (κ2) is 6.19. The Labute approximate surface area is 117 Å². The molecule has 0 aliphatic heterocycles. The lowest BCUT2D eigenvalue weighted by Crippen LogP contribution is -2.13. The van der Waals surface area contributed by atoms with Crippen molar-refractivity contribution in [2.45, 2.75) is 26.7 Å². The lowest BCUT2D eigenvalue weighted by molar-refractivity contribution is -0.116. The number of hydrogen-bond donors (Lipinski definition) is 1. The Morgan fingerprint density at radius 1 is 1.10 bits per heavy atom. The Bertz CT molecular complexity index is 615. The molecule has 0 unspecified atom stereocenters. The normalized spacial score (nSPS) is 10.3. The van der Waals surface area contributed by atoms with E-state index in [-0.39, 0.29) is 24.5 Å². The standard InChI is InChI=1S/C16H17NO3/c1-11-5-6-13(10-12(11)2)17-16(19)8-7-14(18)15-4-3-9-20-15/h3-6,9-10H,7-8H2,1-2H3,(H,17,19). The molecule has 0 saturated carbocycles. The van der Waals surface area contributed by atoms with Crippen molar-refractivity contribution in [3.05, 3.63) is 53.5 Å². The first-order valence-corrected chi connectivity index (χ1v) is 6.50. The zero-order valence-corrected chi connectivity index (χ0v) is 11.6. The highest BCUT2D eigenvalue weighted by Gasteiger charge is 2.11. The van der Waals surface area contributed by atoms with Gasteiger partial charge in [-0.3, -0.25) is 9.59 Å². The van der Waals surface area contributed by atoms with E-state index in [1.165, 1.54) is 11.8 Å². The summed E-state index contributed by atoms with van der Waals surface area (Å²) in [6.07, 6.45) is 1.74. The number of carbonyl (C=O) groups excluding carboxylic acids is 2. The number of amides is 1. The predicted octanol–water partition coefficient (Wildman–Crippen LogP) is 3.50. The number of rotatable bonds is 5. The van der Waals surface area contributed by atoms with E-state index in [1.807, 2.05) is 32.0 Å². The van der Waals surface area contributed by atoms with Crippen LogP contribution >= 0.6 is 0 Å². The molecule has 1 amide bonds. The Kier molecular flexibility index (Phi) is 4.35. The summed E-state index contributed by atoms with van der Waals surface area (Å²) in [7, 11) is 0. The minimum atomic E-state index is -0.173. The maximum absolute atomic E-state index is 11.8. The van der Waals surface area contributed by atoms with Gasteiger partial charge in [0.25, 0.3) is 0 Å². The molecule has 1 heterocycles. The minimum absolute atomic E-state index is 0.143. The summed E-state index contributed by atoms with van der Waals surface area (Å²) in [6, 6.07) is 8.99. The lowest BCUT2D eigenvalue weighted by Gasteiger charge is -2.07. The third-order valence-corrected chi connectivity index (χ3v) is 3.17. The first-order valence-electron chi connectivity index (χ1n) is 6.50. The van der Waals surface area contributed by atoms with Gasteiger partial charge in [0.2, 0.25) is 5.91 Å². The summed E-state index contributed by atoms with van der Waals surface area (Å²) < 4.78 is 4.99. The van der Waals surface area contributed by atoms with Crippen LogP contribution in [0.2, 0.25) is 0 Å². The Balaban J connectivity index is 1.86. The predicted molar refractivity (Wildman–Crippen MR) is 76.8 cm³/mol. The SMILES string of the molecule is Cc1ccc(NC(=O)CCC(=O)c2ccco2)cc1C. The molecule has 0 bridgehead atoms. The maximum atomic E-state index is 11.8. The van der Waals surface area contributed by atoms with E-state index in [4.69, 9.17) is 4.42 Å². The monoisotopic (exact) mass is 271 g/mol. The smallest absolute Gasteiger partial charge is 0.224 e. The van der Waals surface area contributed by atoms with Crippen LogP contribution in [0.25, 0.3) is 0 Å². The van der Waals surface area contributed by atoms with Crippen LogP contribution < -0.4 is 5.32 Å². The summed E-state index contributed by atoms with van der Waals surface area (Å²) >= 11 is 0. The number of furan rings is 1.